The molecule has 2 aliphatic heterocycles. The number of carboxylic acids is 1. The minimum atomic E-state index is -5.08. The molecule has 0 bridgehead atoms. The Morgan fingerprint density at radius 1 is 0.818 bits per heavy atom. The van der Waals surface area contributed by atoms with Gasteiger partial charge in [-0.2, -0.15) is 13.2 Å². The minimum Gasteiger partial charge on any atom is -0.475 e. The van der Waals surface area contributed by atoms with Gasteiger partial charge in [0, 0.05) is 64.5 Å². The molecule has 0 saturated carbocycles. The SMILES string of the molecule is Fc1ccc2nc(-c3cccc(-c4ccc(CN5CCN(CCN6CCOCC6)CC5)cc4)c3)[nH]c2c1.O=C(O)C(F)(F)F. The summed E-state index contributed by atoms with van der Waals surface area (Å²) < 4.78 is 50.8. The van der Waals surface area contributed by atoms with Crippen molar-refractivity contribution in [2.45, 2.75) is 12.7 Å². The molecular formula is C32H35F4N5O3. The lowest BCUT2D eigenvalue weighted by molar-refractivity contribution is -0.192. The van der Waals surface area contributed by atoms with Crippen LogP contribution in [0, 0.1) is 5.82 Å². The van der Waals surface area contributed by atoms with E-state index in [0.717, 1.165) is 94.6 Å². The Balaban J connectivity index is 0.000000493. The fraction of sp³-hybridized carbons (Fsp3) is 0.375. The first-order valence-electron chi connectivity index (χ1n) is 14.5. The van der Waals surface area contributed by atoms with Crippen LogP contribution in [0.15, 0.2) is 66.7 Å². The standard InChI is InChI=1S/C30H34FN5O.C2HF3O2/c31-27-8-9-28-29(21-27)33-30(32-28)26-3-1-2-25(20-26)24-6-4-23(5-7-24)22-36-14-12-34(13-15-36)10-11-35-16-18-37-19-17-35;3-2(4,5)1(6)7/h1-9,20-21H,10-19,22H2,(H,32,33);(H,6,7). The van der Waals surface area contributed by atoms with Crippen LogP contribution in [0.3, 0.4) is 0 Å². The Morgan fingerprint density at radius 3 is 2.09 bits per heavy atom. The lowest BCUT2D eigenvalue weighted by atomic mass is 10.0. The summed E-state index contributed by atoms with van der Waals surface area (Å²) in [5.41, 5.74) is 6.14. The average molecular weight is 614 g/mol. The molecule has 0 radical (unpaired) electrons. The summed E-state index contributed by atoms with van der Waals surface area (Å²) in [4.78, 5) is 24.5. The quantitative estimate of drug-likeness (QED) is 0.280. The minimum absolute atomic E-state index is 0.262. The molecule has 0 spiro atoms. The van der Waals surface area contributed by atoms with Crippen LogP contribution in [-0.2, 0) is 16.1 Å². The molecule has 0 atom stereocenters. The van der Waals surface area contributed by atoms with Crippen LogP contribution in [0.2, 0.25) is 0 Å². The number of rotatable bonds is 7. The van der Waals surface area contributed by atoms with Crippen LogP contribution in [0.5, 0.6) is 0 Å². The summed E-state index contributed by atoms with van der Waals surface area (Å²) >= 11 is 0. The van der Waals surface area contributed by atoms with Gasteiger partial charge in [-0.25, -0.2) is 14.2 Å². The number of fused-ring (bicyclic) bond motifs is 1. The maximum atomic E-state index is 13.6. The Kier molecular flexibility index (Phi) is 10.3. The Bertz CT molecular complexity index is 1530. The first-order valence-corrected chi connectivity index (χ1v) is 14.5. The third-order valence-corrected chi connectivity index (χ3v) is 7.82. The van der Waals surface area contributed by atoms with Gasteiger partial charge in [0.15, 0.2) is 0 Å². The zero-order valence-corrected chi connectivity index (χ0v) is 24.2. The van der Waals surface area contributed by atoms with Crippen molar-refractivity contribution in [2.75, 3.05) is 65.6 Å². The van der Waals surface area contributed by atoms with E-state index in [1.165, 1.54) is 23.3 Å². The van der Waals surface area contributed by atoms with E-state index < -0.39 is 12.1 Å². The van der Waals surface area contributed by atoms with Crippen LogP contribution < -0.4 is 0 Å². The van der Waals surface area contributed by atoms with E-state index in [4.69, 9.17) is 14.6 Å². The van der Waals surface area contributed by atoms with E-state index in [2.05, 4.69) is 61.1 Å². The van der Waals surface area contributed by atoms with E-state index in [1.807, 2.05) is 12.1 Å². The maximum Gasteiger partial charge on any atom is 0.490 e. The molecule has 0 amide bonds. The highest BCUT2D eigenvalue weighted by atomic mass is 19.4. The highest BCUT2D eigenvalue weighted by Crippen LogP contribution is 2.27. The number of carbonyl (C=O) groups is 1. The van der Waals surface area contributed by atoms with Gasteiger partial charge in [0.05, 0.1) is 24.2 Å². The maximum absolute atomic E-state index is 13.6. The number of piperazine rings is 1. The van der Waals surface area contributed by atoms with Gasteiger partial charge in [-0.05, 0) is 41.0 Å². The largest absolute Gasteiger partial charge is 0.490 e. The number of nitrogens with zero attached hydrogens (tertiary/aromatic N) is 4. The third kappa shape index (κ3) is 8.63. The number of halogens is 4. The zero-order valence-electron chi connectivity index (χ0n) is 24.2. The summed E-state index contributed by atoms with van der Waals surface area (Å²) in [6, 6.07) is 21.9. The van der Waals surface area contributed by atoms with Crippen molar-refractivity contribution in [3.63, 3.8) is 0 Å². The molecule has 0 aliphatic carbocycles. The molecule has 3 heterocycles. The molecule has 2 saturated heterocycles. The van der Waals surface area contributed by atoms with Gasteiger partial charge >= 0.3 is 12.1 Å². The molecule has 2 fully saturated rings. The fourth-order valence-electron chi connectivity index (χ4n) is 5.30. The van der Waals surface area contributed by atoms with Crippen molar-refractivity contribution >= 4 is 17.0 Å². The molecule has 234 valence electrons. The predicted molar refractivity (Wildman–Crippen MR) is 160 cm³/mol. The van der Waals surface area contributed by atoms with Crippen molar-refractivity contribution in [1.29, 1.82) is 0 Å². The molecule has 8 nitrogen and oxygen atoms in total. The van der Waals surface area contributed by atoms with E-state index in [1.54, 1.807) is 6.07 Å². The lowest BCUT2D eigenvalue weighted by Gasteiger charge is -2.36. The van der Waals surface area contributed by atoms with E-state index in [-0.39, 0.29) is 5.82 Å². The average Bonchev–Trinajstić information content (AvgIpc) is 3.45. The number of imidazole rings is 1. The summed E-state index contributed by atoms with van der Waals surface area (Å²) in [6.45, 7) is 11.7. The van der Waals surface area contributed by atoms with E-state index in [0.29, 0.717) is 5.52 Å². The number of nitrogens with one attached hydrogen (secondary N) is 1. The number of benzene rings is 3. The highest BCUT2D eigenvalue weighted by Gasteiger charge is 2.38. The van der Waals surface area contributed by atoms with Crippen molar-refractivity contribution < 1.29 is 32.2 Å². The number of aliphatic carboxylic acids is 1. The van der Waals surface area contributed by atoms with Crippen LogP contribution >= 0.6 is 0 Å². The van der Waals surface area contributed by atoms with Crippen molar-refractivity contribution in [3.05, 3.63) is 78.1 Å². The van der Waals surface area contributed by atoms with E-state index in [9.17, 15) is 17.6 Å². The number of aromatic amines is 1. The Morgan fingerprint density at radius 2 is 1.43 bits per heavy atom. The van der Waals surface area contributed by atoms with Gasteiger partial charge in [-0.15, -0.1) is 0 Å². The van der Waals surface area contributed by atoms with E-state index >= 15 is 0 Å². The van der Waals surface area contributed by atoms with Crippen LogP contribution in [0.4, 0.5) is 17.6 Å². The number of morpholine rings is 1. The van der Waals surface area contributed by atoms with Crippen molar-refractivity contribution in [3.8, 4) is 22.5 Å². The van der Waals surface area contributed by atoms with Gasteiger partial charge in [0.1, 0.15) is 11.6 Å². The second-order valence-electron chi connectivity index (χ2n) is 10.9. The Hall–Kier alpha value is -3.84. The molecule has 12 heteroatoms. The first kappa shape index (κ1) is 31.6. The van der Waals surface area contributed by atoms with Gasteiger partial charge in [-0.3, -0.25) is 14.7 Å². The number of H-pyrrole nitrogens is 1. The summed E-state index contributed by atoms with van der Waals surface area (Å²) in [7, 11) is 0. The molecule has 3 aromatic carbocycles. The molecular weight excluding hydrogens is 578 g/mol. The summed E-state index contributed by atoms with van der Waals surface area (Å²) in [5.74, 6) is -2.27. The fourth-order valence-corrected chi connectivity index (χ4v) is 5.30. The molecule has 2 N–H and O–H groups in total. The van der Waals surface area contributed by atoms with Crippen LogP contribution in [0.25, 0.3) is 33.5 Å². The van der Waals surface area contributed by atoms with Gasteiger partial charge in [0.2, 0.25) is 0 Å². The molecule has 2 aliphatic rings. The van der Waals surface area contributed by atoms with Gasteiger partial charge in [-0.1, -0.05) is 42.5 Å². The van der Waals surface area contributed by atoms with Crippen molar-refractivity contribution in [1.82, 2.24) is 24.7 Å². The molecule has 1 aromatic heterocycles. The third-order valence-electron chi connectivity index (χ3n) is 7.82. The topological polar surface area (TPSA) is 84.9 Å². The molecule has 4 aromatic rings. The zero-order chi connectivity index (χ0) is 31.1. The smallest absolute Gasteiger partial charge is 0.475 e. The van der Waals surface area contributed by atoms with Gasteiger partial charge in [0.25, 0.3) is 0 Å². The van der Waals surface area contributed by atoms with Crippen LogP contribution in [0.1, 0.15) is 5.56 Å². The Labute approximate surface area is 252 Å². The molecule has 0 unspecified atom stereocenters. The first-order chi connectivity index (χ1) is 21.1. The number of hydrogen-bond donors (Lipinski definition) is 2. The second-order valence-corrected chi connectivity index (χ2v) is 10.9. The van der Waals surface area contributed by atoms with Crippen LogP contribution in [-0.4, -0.2) is 107 Å². The lowest BCUT2D eigenvalue weighted by Crippen LogP contribution is -2.49. The second kappa shape index (κ2) is 14.3. The number of carboxylic acid groups (broad SMARTS) is 1. The molecule has 6 rings (SSSR count). The monoisotopic (exact) mass is 613 g/mol. The number of hydrogen-bond acceptors (Lipinski definition) is 6. The van der Waals surface area contributed by atoms with Gasteiger partial charge < -0.3 is 14.8 Å². The summed E-state index contributed by atoms with van der Waals surface area (Å²) in [6.07, 6.45) is -5.08. The number of alkyl halides is 3. The summed E-state index contributed by atoms with van der Waals surface area (Å²) in [5, 5.41) is 7.12. The molecule has 44 heavy (non-hydrogen) atoms. The normalized spacial score (nSPS) is 16.9. The number of aromatic nitrogens is 2. The predicted octanol–water partition coefficient (Wildman–Crippen LogP) is 5.12. The number of ether oxygens (including phenoxy) is 1. The highest BCUT2D eigenvalue weighted by molar-refractivity contribution is 5.80. The van der Waals surface area contributed by atoms with Crippen molar-refractivity contribution in [2.24, 2.45) is 0 Å².